The maximum Gasteiger partial charge on any atom is 0.441 e. The third-order valence-corrected chi connectivity index (χ3v) is 5.00. The lowest BCUT2D eigenvalue weighted by molar-refractivity contribution is -0.384. The van der Waals surface area contributed by atoms with Crippen molar-refractivity contribution in [3.05, 3.63) is 75.3 Å². The van der Waals surface area contributed by atoms with E-state index < -0.39 is 28.4 Å². The Hall–Kier alpha value is -3.84. The first-order chi connectivity index (χ1) is 14.5. The maximum atomic E-state index is 12.8. The summed E-state index contributed by atoms with van der Waals surface area (Å²) in [5, 5.41) is 11.2. The van der Waals surface area contributed by atoms with Gasteiger partial charge in [0.1, 0.15) is 0 Å². The Balaban J connectivity index is 1.99. The van der Waals surface area contributed by atoms with Crippen molar-refractivity contribution in [3.63, 3.8) is 0 Å². The molecule has 0 N–H and O–H groups in total. The average molecular weight is 408 g/mol. The topological polar surface area (TPSA) is 126 Å². The fourth-order valence-electron chi connectivity index (χ4n) is 3.65. The van der Waals surface area contributed by atoms with Gasteiger partial charge >= 0.3 is 11.7 Å². The first-order valence-electron chi connectivity index (χ1n) is 9.47. The molecule has 0 aliphatic carbocycles. The molecule has 154 valence electrons. The molecule has 0 fully saturated rings. The van der Waals surface area contributed by atoms with Gasteiger partial charge in [0.25, 0.3) is 11.5 Å². The first-order valence-corrected chi connectivity index (χ1v) is 9.47. The smallest absolute Gasteiger partial charge is 0.441 e. The number of carbonyl (C=O) groups excluding carboxylic acids is 2. The predicted molar refractivity (Wildman–Crippen MR) is 108 cm³/mol. The van der Waals surface area contributed by atoms with E-state index in [0.29, 0.717) is 18.7 Å². The standard InChI is InChI=1S/C21H20N4O5/c1-2-30-21(27)20(23-22)19(26)13-18-17-9-4-3-6-14(17)10-11-24(18)15-7-5-8-16(12-15)25(28)29/h3-9,12,18H,2,10-11,13H2,1H3. The summed E-state index contributed by atoms with van der Waals surface area (Å²) in [5.41, 5.74) is 11.0. The molecule has 0 radical (unpaired) electrons. The Morgan fingerprint density at radius 1 is 1.27 bits per heavy atom. The Labute approximate surface area is 172 Å². The van der Waals surface area contributed by atoms with Crippen LogP contribution in [0.25, 0.3) is 5.53 Å². The summed E-state index contributed by atoms with van der Waals surface area (Å²) in [6, 6.07) is 13.3. The number of esters is 1. The lowest BCUT2D eigenvalue weighted by Gasteiger charge is -2.38. The van der Waals surface area contributed by atoms with Gasteiger partial charge in [0.05, 0.1) is 17.6 Å². The van der Waals surface area contributed by atoms with Crippen LogP contribution in [0.1, 0.15) is 30.5 Å². The monoisotopic (exact) mass is 408 g/mol. The SMILES string of the molecule is CCOC(=O)C(=[N+]=[N-])C(=O)CC1c2ccccc2CCN1c1cccc([N+](=O)[O-])c1. The van der Waals surface area contributed by atoms with Crippen LogP contribution in [0.3, 0.4) is 0 Å². The van der Waals surface area contributed by atoms with Crippen LogP contribution in [-0.4, -0.2) is 40.3 Å². The number of hydrogen-bond donors (Lipinski definition) is 0. The number of anilines is 1. The third kappa shape index (κ3) is 4.26. The van der Waals surface area contributed by atoms with E-state index in [1.165, 1.54) is 12.1 Å². The fourth-order valence-corrected chi connectivity index (χ4v) is 3.65. The van der Waals surface area contributed by atoms with E-state index in [9.17, 15) is 25.2 Å². The van der Waals surface area contributed by atoms with Crippen LogP contribution >= 0.6 is 0 Å². The molecule has 1 heterocycles. The van der Waals surface area contributed by atoms with Crippen molar-refractivity contribution in [2.75, 3.05) is 18.1 Å². The van der Waals surface area contributed by atoms with Crippen molar-refractivity contribution < 1.29 is 24.0 Å². The summed E-state index contributed by atoms with van der Waals surface area (Å²) >= 11 is 0. The van der Waals surface area contributed by atoms with Crippen LogP contribution in [-0.2, 0) is 20.7 Å². The van der Waals surface area contributed by atoms with Crippen LogP contribution in [0.4, 0.5) is 11.4 Å². The molecule has 0 aromatic heterocycles. The highest BCUT2D eigenvalue weighted by Crippen LogP contribution is 2.37. The largest absolute Gasteiger partial charge is 0.457 e. The molecular formula is C21H20N4O5. The van der Waals surface area contributed by atoms with Gasteiger partial charge in [-0.25, -0.2) is 4.79 Å². The Kier molecular flexibility index (Phi) is 6.34. The number of nitrogens with zero attached hydrogens (tertiary/aromatic N) is 4. The quantitative estimate of drug-likeness (QED) is 0.132. The second kappa shape index (κ2) is 9.11. The zero-order valence-corrected chi connectivity index (χ0v) is 16.4. The molecule has 9 nitrogen and oxygen atoms in total. The van der Waals surface area contributed by atoms with Gasteiger partial charge in [-0.2, -0.15) is 4.79 Å². The number of nitro benzene ring substituents is 1. The highest BCUT2D eigenvalue weighted by Gasteiger charge is 2.37. The van der Waals surface area contributed by atoms with Crippen LogP contribution in [0.15, 0.2) is 48.5 Å². The van der Waals surface area contributed by atoms with Crippen LogP contribution in [0.2, 0.25) is 0 Å². The van der Waals surface area contributed by atoms with Crippen molar-refractivity contribution in [1.29, 1.82) is 0 Å². The molecule has 1 atom stereocenters. The van der Waals surface area contributed by atoms with Gasteiger partial charge in [-0.15, -0.1) is 0 Å². The molecule has 1 unspecified atom stereocenters. The lowest BCUT2D eigenvalue weighted by atomic mass is 9.88. The lowest BCUT2D eigenvalue weighted by Crippen LogP contribution is -2.39. The number of ketones is 1. The minimum atomic E-state index is -0.990. The number of nitro groups is 1. The van der Waals surface area contributed by atoms with Crippen molar-refractivity contribution in [3.8, 4) is 0 Å². The van der Waals surface area contributed by atoms with Gasteiger partial charge < -0.3 is 15.2 Å². The Morgan fingerprint density at radius 3 is 2.73 bits per heavy atom. The molecule has 2 aromatic carbocycles. The maximum absolute atomic E-state index is 12.8. The summed E-state index contributed by atoms with van der Waals surface area (Å²) in [6.45, 7) is 2.15. The van der Waals surface area contributed by atoms with Gasteiger partial charge in [0, 0.05) is 30.8 Å². The zero-order valence-electron chi connectivity index (χ0n) is 16.4. The van der Waals surface area contributed by atoms with Gasteiger partial charge in [-0.05, 0) is 30.5 Å². The summed E-state index contributed by atoms with van der Waals surface area (Å²) in [5.74, 6) is -1.66. The number of Topliss-reactive ketones (excluding diaryl/α,β-unsaturated/α-hetero) is 1. The van der Waals surface area contributed by atoms with Gasteiger partial charge in [-0.1, -0.05) is 30.3 Å². The number of benzene rings is 2. The normalized spacial score (nSPS) is 15.0. The molecule has 1 aliphatic rings. The molecule has 0 bridgehead atoms. The van der Waals surface area contributed by atoms with E-state index in [4.69, 9.17) is 4.74 Å². The zero-order chi connectivity index (χ0) is 21.7. The molecule has 0 saturated heterocycles. The fraction of sp³-hybridized carbons (Fsp3) is 0.286. The number of rotatable bonds is 7. The number of non-ortho nitro benzene ring substituents is 1. The van der Waals surface area contributed by atoms with Crippen molar-refractivity contribution in [1.82, 2.24) is 0 Å². The summed E-state index contributed by atoms with van der Waals surface area (Å²) in [4.78, 5) is 40.2. The second-order valence-corrected chi connectivity index (χ2v) is 6.73. The van der Waals surface area contributed by atoms with Crippen molar-refractivity contribution in [2.45, 2.75) is 25.8 Å². The highest BCUT2D eigenvalue weighted by atomic mass is 16.6. The van der Waals surface area contributed by atoms with E-state index in [1.807, 2.05) is 29.2 Å². The van der Waals surface area contributed by atoms with Crippen molar-refractivity contribution >= 4 is 28.8 Å². The minimum Gasteiger partial charge on any atom is -0.457 e. The summed E-state index contributed by atoms with van der Waals surface area (Å²) in [6.07, 6.45) is 0.542. The number of ether oxygens (including phenoxy) is 1. The molecule has 0 amide bonds. The average Bonchev–Trinajstić information content (AvgIpc) is 2.74. The predicted octanol–water partition coefficient (Wildman–Crippen LogP) is 2.89. The van der Waals surface area contributed by atoms with Gasteiger partial charge in [0.2, 0.25) is 0 Å². The molecule has 0 spiro atoms. The molecule has 1 aliphatic heterocycles. The minimum absolute atomic E-state index is 0.0389. The molecule has 30 heavy (non-hydrogen) atoms. The Bertz CT molecular complexity index is 1050. The van der Waals surface area contributed by atoms with E-state index in [-0.39, 0.29) is 18.7 Å². The molecule has 2 aromatic rings. The number of fused-ring (bicyclic) bond motifs is 1. The highest BCUT2D eigenvalue weighted by molar-refractivity contribution is 6.62. The number of carbonyl (C=O) groups is 2. The van der Waals surface area contributed by atoms with Crippen LogP contribution in [0, 0.1) is 10.1 Å². The molecule has 0 saturated carbocycles. The van der Waals surface area contributed by atoms with E-state index in [0.717, 1.165) is 11.1 Å². The summed E-state index contributed by atoms with van der Waals surface area (Å²) in [7, 11) is 0. The molecular weight excluding hydrogens is 388 g/mol. The molecule has 3 rings (SSSR count). The summed E-state index contributed by atoms with van der Waals surface area (Å²) < 4.78 is 4.79. The van der Waals surface area contributed by atoms with E-state index in [1.54, 1.807) is 19.1 Å². The molecule has 9 heteroatoms. The van der Waals surface area contributed by atoms with Crippen LogP contribution in [0.5, 0.6) is 0 Å². The third-order valence-electron chi connectivity index (χ3n) is 5.00. The van der Waals surface area contributed by atoms with Crippen LogP contribution < -0.4 is 4.90 Å². The first kappa shape index (κ1) is 20.9. The Morgan fingerprint density at radius 2 is 2.03 bits per heavy atom. The second-order valence-electron chi connectivity index (χ2n) is 6.73. The number of hydrogen-bond acceptors (Lipinski definition) is 6. The van der Waals surface area contributed by atoms with Gasteiger partial charge in [-0.3, -0.25) is 14.9 Å². The van der Waals surface area contributed by atoms with E-state index >= 15 is 0 Å². The van der Waals surface area contributed by atoms with Gasteiger partial charge in [0.15, 0.2) is 0 Å². The van der Waals surface area contributed by atoms with Crippen molar-refractivity contribution in [2.24, 2.45) is 0 Å². The van der Waals surface area contributed by atoms with E-state index in [2.05, 4.69) is 4.79 Å².